The van der Waals surface area contributed by atoms with E-state index < -0.39 is 0 Å². The van der Waals surface area contributed by atoms with Gasteiger partial charge >= 0.3 is 0 Å². The molecule has 1 aromatic carbocycles. The third-order valence-corrected chi connectivity index (χ3v) is 2.83. The van der Waals surface area contributed by atoms with Crippen molar-refractivity contribution >= 4 is 36.6 Å². The van der Waals surface area contributed by atoms with Crippen LogP contribution in [0.3, 0.4) is 0 Å². The number of hydrogen-bond acceptors (Lipinski definition) is 1. The van der Waals surface area contributed by atoms with Crippen molar-refractivity contribution < 1.29 is 4.79 Å². The van der Waals surface area contributed by atoms with Crippen LogP contribution in [-0.4, -0.2) is 10.0 Å². The smallest absolute Gasteiger partial charge is 0.206 e. The predicted molar refractivity (Wildman–Crippen MR) is 56.9 cm³/mol. The molecule has 0 aliphatic carbocycles. The third kappa shape index (κ3) is 2.42. The van der Waals surface area contributed by atoms with Crippen molar-refractivity contribution in [2.75, 3.05) is 5.33 Å². The van der Waals surface area contributed by atoms with Gasteiger partial charge in [0.15, 0.2) is 0 Å². The molecule has 0 aliphatic heterocycles. The number of carbonyl (C=O) groups excluding carboxylic acids is 1. The molecule has 1 rings (SSSR count). The molecule has 1 atom stereocenters. The van der Waals surface area contributed by atoms with Crippen LogP contribution >= 0.6 is 31.9 Å². The molecule has 0 spiro atoms. The molecule has 0 heterocycles. The Morgan fingerprint density at radius 3 is 2.33 bits per heavy atom. The van der Waals surface area contributed by atoms with Gasteiger partial charge in [0.05, 0.1) is 5.92 Å². The summed E-state index contributed by atoms with van der Waals surface area (Å²) in [6.45, 7) is 0. The van der Waals surface area contributed by atoms with E-state index in [-0.39, 0.29) is 10.6 Å². The Morgan fingerprint density at radius 1 is 1.33 bits per heavy atom. The first-order valence-electron chi connectivity index (χ1n) is 3.56. The molecule has 1 unspecified atom stereocenters. The lowest BCUT2D eigenvalue weighted by molar-refractivity contribution is -0.111. The second-order valence-corrected chi connectivity index (χ2v) is 3.85. The van der Waals surface area contributed by atoms with E-state index in [4.69, 9.17) is 0 Å². The molecular formula is C9H8Br2O. The molecule has 3 heteroatoms. The zero-order valence-corrected chi connectivity index (χ0v) is 9.51. The summed E-state index contributed by atoms with van der Waals surface area (Å²) in [5, 5.41) is 0.654. The summed E-state index contributed by atoms with van der Waals surface area (Å²) in [5.41, 5.74) is 1.04. The van der Waals surface area contributed by atoms with Gasteiger partial charge < -0.3 is 0 Å². The first kappa shape index (κ1) is 9.93. The lowest BCUT2D eigenvalue weighted by Crippen LogP contribution is -2.06. The summed E-state index contributed by atoms with van der Waals surface area (Å²) in [6, 6.07) is 9.70. The van der Waals surface area contributed by atoms with Crippen molar-refractivity contribution in [3.63, 3.8) is 0 Å². The summed E-state index contributed by atoms with van der Waals surface area (Å²) in [5.74, 6) is -0.0776. The van der Waals surface area contributed by atoms with Crippen molar-refractivity contribution in [3.8, 4) is 0 Å². The highest BCUT2D eigenvalue weighted by atomic mass is 79.9. The molecule has 0 N–H and O–H groups in total. The standard InChI is InChI=1S/C9H8Br2O/c10-6-8(9(11)12)7-4-2-1-3-5-7/h1-5,8H,6H2. The van der Waals surface area contributed by atoms with Gasteiger partial charge in [-0.1, -0.05) is 46.3 Å². The van der Waals surface area contributed by atoms with Crippen molar-refractivity contribution in [2.45, 2.75) is 5.92 Å². The monoisotopic (exact) mass is 290 g/mol. The van der Waals surface area contributed by atoms with Gasteiger partial charge in [0.25, 0.3) is 0 Å². The molecule has 12 heavy (non-hydrogen) atoms. The van der Waals surface area contributed by atoms with E-state index in [0.29, 0.717) is 5.33 Å². The second kappa shape index (κ2) is 4.77. The Kier molecular flexibility index (Phi) is 3.95. The van der Waals surface area contributed by atoms with Gasteiger partial charge in [-0.3, -0.25) is 4.79 Å². The topological polar surface area (TPSA) is 17.1 Å². The molecule has 64 valence electrons. The molecule has 0 saturated carbocycles. The van der Waals surface area contributed by atoms with E-state index in [1.54, 1.807) is 0 Å². The quantitative estimate of drug-likeness (QED) is 0.618. The highest BCUT2D eigenvalue weighted by Crippen LogP contribution is 2.21. The Labute approximate surface area is 88.4 Å². The van der Waals surface area contributed by atoms with Crippen LogP contribution in [0.1, 0.15) is 11.5 Å². The first-order valence-corrected chi connectivity index (χ1v) is 5.47. The van der Waals surface area contributed by atoms with E-state index in [2.05, 4.69) is 31.9 Å². The fraction of sp³-hybridized carbons (Fsp3) is 0.222. The number of halogens is 2. The number of benzene rings is 1. The molecule has 1 nitrogen and oxygen atoms in total. The van der Waals surface area contributed by atoms with Crippen molar-refractivity contribution in [2.24, 2.45) is 0 Å². The largest absolute Gasteiger partial charge is 0.286 e. The van der Waals surface area contributed by atoms with Crippen LogP contribution in [0.5, 0.6) is 0 Å². The normalized spacial score (nSPS) is 12.5. The average Bonchev–Trinajstić information content (AvgIpc) is 2.07. The summed E-state index contributed by atoms with van der Waals surface area (Å²) in [6.07, 6.45) is 0. The van der Waals surface area contributed by atoms with Gasteiger partial charge in [-0.15, -0.1) is 0 Å². The number of rotatable bonds is 3. The van der Waals surface area contributed by atoms with Crippen molar-refractivity contribution in [1.29, 1.82) is 0 Å². The molecular weight excluding hydrogens is 284 g/mol. The lowest BCUT2D eigenvalue weighted by atomic mass is 10.0. The van der Waals surface area contributed by atoms with Crippen LogP contribution in [0.4, 0.5) is 0 Å². The molecule has 0 aliphatic rings. The minimum Gasteiger partial charge on any atom is -0.286 e. The van der Waals surface area contributed by atoms with Crippen LogP contribution < -0.4 is 0 Å². The minimum absolute atomic E-state index is 0.0191. The summed E-state index contributed by atoms with van der Waals surface area (Å²) >= 11 is 6.27. The maximum Gasteiger partial charge on any atom is 0.206 e. The fourth-order valence-electron chi connectivity index (χ4n) is 0.966. The number of alkyl halides is 1. The highest BCUT2D eigenvalue weighted by Gasteiger charge is 2.15. The Morgan fingerprint density at radius 2 is 1.92 bits per heavy atom. The molecule has 0 aromatic heterocycles. The third-order valence-electron chi connectivity index (χ3n) is 1.63. The Bertz CT molecular complexity index is 258. The van der Waals surface area contributed by atoms with Gasteiger partial charge in [-0.25, -0.2) is 0 Å². The van der Waals surface area contributed by atoms with E-state index in [0.717, 1.165) is 5.56 Å². The van der Waals surface area contributed by atoms with Gasteiger partial charge in [0.2, 0.25) is 4.69 Å². The van der Waals surface area contributed by atoms with Crippen molar-refractivity contribution in [1.82, 2.24) is 0 Å². The molecule has 0 fully saturated rings. The zero-order chi connectivity index (χ0) is 8.97. The number of hydrogen-bond donors (Lipinski definition) is 0. The Hall–Kier alpha value is -0.150. The molecule has 1 aromatic rings. The molecule has 0 bridgehead atoms. The maximum atomic E-state index is 11.1. The zero-order valence-electron chi connectivity index (χ0n) is 6.34. The summed E-state index contributed by atoms with van der Waals surface area (Å²) in [7, 11) is 0. The van der Waals surface area contributed by atoms with Gasteiger partial charge in [0, 0.05) is 5.33 Å². The van der Waals surface area contributed by atoms with Crippen molar-refractivity contribution in [3.05, 3.63) is 35.9 Å². The number of carbonyl (C=O) groups is 1. The average molecular weight is 292 g/mol. The SMILES string of the molecule is O=C(Br)C(CBr)c1ccccc1. The molecule has 0 radical (unpaired) electrons. The first-order chi connectivity index (χ1) is 5.75. The van der Waals surface area contributed by atoms with E-state index >= 15 is 0 Å². The highest BCUT2D eigenvalue weighted by molar-refractivity contribution is 9.18. The molecule has 0 amide bonds. The lowest BCUT2D eigenvalue weighted by Gasteiger charge is -2.08. The second-order valence-electron chi connectivity index (χ2n) is 2.42. The van der Waals surface area contributed by atoms with Crippen LogP contribution in [0, 0.1) is 0 Å². The van der Waals surface area contributed by atoms with Gasteiger partial charge in [-0.05, 0) is 21.5 Å². The summed E-state index contributed by atoms with van der Waals surface area (Å²) < 4.78 is 0.0191. The van der Waals surface area contributed by atoms with Crippen LogP contribution in [0.15, 0.2) is 30.3 Å². The van der Waals surface area contributed by atoms with E-state index in [9.17, 15) is 4.79 Å². The summed E-state index contributed by atoms with van der Waals surface area (Å²) in [4.78, 5) is 11.1. The van der Waals surface area contributed by atoms with Gasteiger partial charge in [0.1, 0.15) is 0 Å². The fourth-order valence-corrected chi connectivity index (χ4v) is 2.49. The van der Waals surface area contributed by atoms with Crippen LogP contribution in [-0.2, 0) is 4.79 Å². The van der Waals surface area contributed by atoms with Crippen LogP contribution in [0.25, 0.3) is 0 Å². The van der Waals surface area contributed by atoms with Gasteiger partial charge in [-0.2, -0.15) is 0 Å². The minimum atomic E-state index is -0.0776. The predicted octanol–water partition coefficient (Wildman–Crippen LogP) is 3.09. The van der Waals surface area contributed by atoms with Crippen LogP contribution in [0.2, 0.25) is 0 Å². The van der Waals surface area contributed by atoms with E-state index in [1.807, 2.05) is 30.3 Å². The molecule has 0 saturated heterocycles. The van der Waals surface area contributed by atoms with E-state index in [1.165, 1.54) is 0 Å². The Balaban J connectivity index is 2.88. The maximum absolute atomic E-state index is 11.1.